The van der Waals surface area contributed by atoms with Crippen LogP contribution in [-0.2, 0) is 0 Å². The van der Waals surface area contributed by atoms with Gasteiger partial charge in [-0.2, -0.15) is 0 Å². The highest BCUT2D eigenvalue weighted by atomic mass is 127. The van der Waals surface area contributed by atoms with Crippen molar-refractivity contribution in [2.45, 2.75) is 26.4 Å². The third-order valence-corrected chi connectivity index (χ3v) is 2.71. The smallest absolute Gasteiger partial charge is 0.190 e. The Kier molecular flexibility index (Phi) is 9.38. The second-order valence-corrected chi connectivity index (χ2v) is 4.17. The molecule has 0 amide bonds. The number of aryl methyl sites for hydroxylation is 1. The molecular formula is C14H24IN3O. The minimum absolute atomic E-state index is 0. The molecule has 5 heteroatoms. The first-order chi connectivity index (χ1) is 8.69. The molecule has 0 aliphatic carbocycles. The fourth-order valence-corrected chi connectivity index (χ4v) is 1.64. The summed E-state index contributed by atoms with van der Waals surface area (Å²) >= 11 is 0. The van der Waals surface area contributed by atoms with E-state index in [9.17, 15) is 0 Å². The molecule has 108 valence electrons. The highest BCUT2D eigenvalue weighted by Gasteiger charge is 2.08. The van der Waals surface area contributed by atoms with Crippen LogP contribution in [0.4, 0.5) is 0 Å². The number of aliphatic imine (C=N–C) groups is 1. The van der Waals surface area contributed by atoms with Crippen LogP contribution in [-0.4, -0.2) is 32.7 Å². The Morgan fingerprint density at radius 3 is 2.68 bits per heavy atom. The van der Waals surface area contributed by atoms with E-state index in [1.807, 2.05) is 19.2 Å². The van der Waals surface area contributed by atoms with Crippen LogP contribution in [0.25, 0.3) is 0 Å². The van der Waals surface area contributed by atoms with Gasteiger partial charge in [0.05, 0.1) is 6.54 Å². The molecule has 2 N–H and O–H groups in total. The van der Waals surface area contributed by atoms with Crippen LogP contribution < -0.4 is 15.4 Å². The quantitative estimate of drug-likeness (QED) is 0.471. The lowest BCUT2D eigenvalue weighted by molar-refractivity contribution is 0.199. The van der Waals surface area contributed by atoms with Crippen molar-refractivity contribution in [1.82, 2.24) is 10.6 Å². The first-order valence-electron chi connectivity index (χ1n) is 6.31. The number of halogens is 1. The number of hydrogen-bond acceptors (Lipinski definition) is 2. The van der Waals surface area contributed by atoms with Crippen LogP contribution >= 0.6 is 24.0 Å². The number of nitrogens with zero attached hydrogens (tertiary/aromatic N) is 1. The predicted octanol–water partition coefficient (Wildman–Crippen LogP) is 2.57. The van der Waals surface area contributed by atoms with Crippen LogP contribution in [0.1, 0.15) is 18.9 Å². The van der Waals surface area contributed by atoms with Crippen molar-refractivity contribution in [3.05, 3.63) is 29.8 Å². The van der Waals surface area contributed by atoms with Crippen molar-refractivity contribution in [2.75, 3.05) is 20.6 Å². The molecule has 19 heavy (non-hydrogen) atoms. The zero-order valence-corrected chi connectivity index (χ0v) is 14.4. The van der Waals surface area contributed by atoms with Gasteiger partial charge in [-0.1, -0.05) is 19.1 Å². The standard InChI is InChI=1S/C14H23N3O.HI/c1-5-12(10-17-14(15-3)16-4)18-13-8-6-7-11(2)9-13;/h6-9,12H,5,10H2,1-4H3,(H2,15,16,17);1H. The molecule has 0 saturated carbocycles. The van der Waals surface area contributed by atoms with Gasteiger partial charge in [0, 0.05) is 14.1 Å². The maximum atomic E-state index is 5.94. The Balaban J connectivity index is 0.00000324. The van der Waals surface area contributed by atoms with Gasteiger partial charge in [-0.05, 0) is 31.0 Å². The van der Waals surface area contributed by atoms with Crippen LogP contribution in [0.15, 0.2) is 29.3 Å². The summed E-state index contributed by atoms with van der Waals surface area (Å²) in [4.78, 5) is 4.07. The number of guanidine groups is 1. The van der Waals surface area contributed by atoms with E-state index in [1.165, 1.54) is 5.56 Å². The minimum Gasteiger partial charge on any atom is -0.489 e. The Morgan fingerprint density at radius 1 is 1.42 bits per heavy atom. The molecule has 0 radical (unpaired) electrons. The van der Waals surface area contributed by atoms with Crippen molar-refractivity contribution in [3.8, 4) is 5.75 Å². The Hall–Kier alpha value is -0.980. The molecular weight excluding hydrogens is 353 g/mol. The van der Waals surface area contributed by atoms with E-state index >= 15 is 0 Å². The molecule has 1 aromatic carbocycles. The average molecular weight is 377 g/mol. The van der Waals surface area contributed by atoms with E-state index in [0.717, 1.165) is 24.7 Å². The van der Waals surface area contributed by atoms with Gasteiger partial charge in [0.15, 0.2) is 5.96 Å². The van der Waals surface area contributed by atoms with Crippen molar-refractivity contribution >= 4 is 29.9 Å². The lowest BCUT2D eigenvalue weighted by Crippen LogP contribution is -2.40. The summed E-state index contributed by atoms with van der Waals surface area (Å²) < 4.78 is 5.94. The largest absolute Gasteiger partial charge is 0.489 e. The van der Waals surface area contributed by atoms with Crippen LogP contribution in [0, 0.1) is 6.92 Å². The molecule has 0 fully saturated rings. The summed E-state index contributed by atoms with van der Waals surface area (Å²) in [6.45, 7) is 4.91. The predicted molar refractivity (Wildman–Crippen MR) is 91.7 cm³/mol. The molecule has 4 nitrogen and oxygen atoms in total. The lowest BCUT2D eigenvalue weighted by Gasteiger charge is -2.19. The van der Waals surface area contributed by atoms with Gasteiger partial charge < -0.3 is 15.4 Å². The highest BCUT2D eigenvalue weighted by Crippen LogP contribution is 2.15. The van der Waals surface area contributed by atoms with Gasteiger partial charge in [0.1, 0.15) is 11.9 Å². The molecule has 1 atom stereocenters. The van der Waals surface area contributed by atoms with Crippen LogP contribution in [0.5, 0.6) is 5.75 Å². The highest BCUT2D eigenvalue weighted by molar-refractivity contribution is 14.0. The van der Waals surface area contributed by atoms with Crippen molar-refractivity contribution in [1.29, 1.82) is 0 Å². The molecule has 0 aliphatic heterocycles. The number of rotatable bonds is 5. The Labute approximate surface area is 133 Å². The minimum atomic E-state index is 0. The van der Waals surface area contributed by atoms with Crippen molar-refractivity contribution < 1.29 is 4.74 Å². The number of nitrogens with one attached hydrogen (secondary N) is 2. The van der Waals surface area contributed by atoms with Crippen LogP contribution in [0.3, 0.4) is 0 Å². The van der Waals surface area contributed by atoms with E-state index in [2.05, 4.69) is 41.6 Å². The van der Waals surface area contributed by atoms with Gasteiger partial charge in [-0.15, -0.1) is 24.0 Å². The first kappa shape index (κ1) is 18.0. The maximum Gasteiger partial charge on any atom is 0.190 e. The average Bonchev–Trinajstić information content (AvgIpc) is 2.38. The molecule has 0 aromatic heterocycles. The zero-order valence-electron chi connectivity index (χ0n) is 12.1. The molecule has 0 saturated heterocycles. The molecule has 0 heterocycles. The molecule has 0 spiro atoms. The molecule has 1 rings (SSSR count). The lowest BCUT2D eigenvalue weighted by atomic mass is 10.2. The third-order valence-electron chi connectivity index (χ3n) is 2.71. The number of ether oxygens (including phenoxy) is 1. The second kappa shape index (κ2) is 9.89. The molecule has 0 aliphatic rings. The monoisotopic (exact) mass is 377 g/mol. The summed E-state index contributed by atoms with van der Waals surface area (Å²) in [5, 5.41) is 6.21. The molecule has 1 unspecified atom stereocenters. The van der Waals surface area contributed by atoms with Gasteiger partial charge in [-0.3, -0.25) is 4.99 Å². The summed E-state index contributed by atoms with van der Waals surface area (Å²) in [5.41, 5.74) is 1.21. The SMILES string of the molecule is CCC(CNC(=NC)NC)Oc1cccc(C)c1.I. The van der Waals surface area contributed by atoms with Crippen molar-refractivity contribution in [3.63, 3.8) is 0 Å². The van der Waals surface area contributed by atoms with E-state index in [0.29, 0.717) is 0 Å². The fourth-order valence-electron chi connectivity index (χ4n) is 1.64. The van der Waals surface area contributed by atoms with Crippen molar-refractivity contribution in [2.24, 2.45) is 4.99 Å². The van der Waals surface area contributed by atoms with E-state index in [-0.39, 0.29) is 30.1 Å². The topological polar surface area (TPSA) is 45.7 Å². The van der Waals surface area contributed by atoms with Gasteiger partial charge in [-0.25, -0.2) is 0 Å². The Morgan fingerprint density at radius 2 is 2.16 bits per heavy atom. The summed E-state index contributed by atoms with van der Waals surface area (Å²) in [6, 6.07) is 8.12. The van der Waals surface area contributed by atoms with E-state index in [1.54, 1.807) is 7.05 Å². The summed E-state index contributed by atoms with van der Waals surface area (Å²) in [7, 11) is 3.60. The van der Waals surface area contributed by atoms with Gasteiger partial charge >= 0.3 is 0 Å². The van der Waals surface area contributed by atoms with E-state index in [4.69, 9.17) is 4.74 Å². The summed E-state index contributed by atoms with van der Waals surface area (Å²) in [6.07, 6.45) is 1.08. The second-order valence-electron chi connectivity index (χ2n) is 4.17. The maximum absolute atomic E-state index is 5.94. The number of benzene rings is 1. The normalized spacial score (nSPS) is 12.3. The fraction of sp³-hybridized carbons (Fsp3) is 0.500. The summed E-state index contributed by atoms with van der Waals surface area (Å²) in [5.74, 6) is 1.70. The first-order valence-corrected chi connectivity index (χ1v) is 6.31. The molecule has 0 bridgehead atoms. The van der Waals surface area contributed by atoms with E-state index < -0.39 is 0 Å². The van der Waals surface area contributed by atoms with Gasteiger partial charge in [0.25, 0.3) is 0 Å². The zero-order chi connectivity index (χ0) is 13.4. The third kappa shape index (κ3) is 6.66. The molecule has 1 aromatic rings. The Bertz CT molecular complexity index is 396. The number of hydrogen-bond donors (Lipinski definition) is 2. The van der Waals surface area contributed by atoms with Gasteiger partial charge in [0.2, 0.25) is 0 Å². The van der Waals surface area contributed by atoms with Crippen LogP contribution in [0.2, 0.25) is 0 Å².